The van der Waals surface area contributed by atoms with Crippen LogP contribution < -0.4 is 0 Å². The average Bonchev–Trinajstić information content (AvgIpc) is 3.21. The van der Waals surface area contributed by atoms with E-state index in [2.05, 4.69) is 0 Å². The van der Waals surface area contributed by atoms with Gasteiger partial charge in [0.15, 0.2) is 23.3 Å². The van der Waals surface area contributed by atoms with Gasteiger partial charge in [0, 0.05) is 49.3 Å². The zero-order chi connectivity index (χ0) is 43.4. The number of hydrogen-bond donors (Lipinski definition) is 2. The zero-order valence-electron chi connectivity index (χ0n) is 34.2. The fourth-order valence-corrected chi connectivity index (χ4v) is 9.87. The minimum absolute atomic E-state index is 0.0826. The molecule has 3 aliphatic carbocycles. The minimum atomic E-state index is -2.25. The van der Waals surface area contributed by atoms with Crippen molar-refractivity contribution in [1.29, 1.82) is 0 Å². The van der Waals surface area contributed by atoms with Crippen LogP contribution in [0.5, 0.6) is 0 Å². The third kappa shape index (κ3) is 6.97. The molecule has 2 saturated carbocycles. The second-order valence-corrected chi connectivity index (χ2v) is 16.8. The molecule has 13 heteroatoms. The fraction of sp³-hybridized carbons (Fsp3) is 0.404. The van der Waals surface area contributed by atoms with Gasteiger partial charge in [-0.1, -0.05) is 86.6 Å². The number of ether oxygens (including phenoxy) is 5. The maximum absolute atomic E-state index is 15.6. The van der Waals surface area contributed by atoms with Crippen molar-refractivity contribution in [1.82, 2.24) is 0 Å². The predicted octanol–water partition coefficient (Wildman–Crippen LogP) is 5.15. The van der Waals surface area contributed by atoms with Gasteiger partial charge < -0.3 is 33.9 Å². The molecular weight excluding hydrogens is 773 g/mol. The number of fused-ring (bicyclic) bond motifs is 5. The van der Waals surface area contributed by atoms with Gasteiger partial charge in [-0.3, -0.25) is 19.2 Å². The Morgan fingerprint density at radius 1 is 0.800 bits per heavy atom. The molecule has 60 heavy (non-hydrogen) atoms. The lowest BCUT2D eigenvalue weighted by molar-refractivity contribution is -0.346. The monoisotopic (exact) mass is 820 g/mol. The van der Waals surface area contributed by atoms with E-state index in [1.807, 2.05) is 6.07 Å². The smallest absolute Gasteiger partial charge is 0.338 e. The van der Waals surface area contributed by atoms with Crippen molar-refractivity contribution in [2.24, 2.45) is 16.7 Å². The van der Waals surface area contributed by atoms with Crippen LogP contribution in [-0.2, 0) is 42.9 Å². The minimum Gasteiger partial charge on any atom is -0.458 e. The highest BCUT2D eigenvalue weighted by molar-refractivity contribution is 6.09. The normalized spacial score (nSPS) is 31.6. The van der Waals surface area contributed by atoms with Gasteiger partial charge in [-0.05, 0) is 48.8 Å². The first kappa shape index (κ1) is 42.4. The Bertz CT molecular complexity index is 2280. The second kappa shape index (κ2) is 15.7. The van der Waals surface area contributed by atoms with E-state index in [1.165, 1.54) is 39.0 Å². The van der Waals surface area contributed by atoms with Gasteiger partial charge >= 0.3 is 23.9 Å². The topological polar surface area (TPSA) is 189 Å². The predicted molar refractivity (Wildman–Crippen MR) is 214 cm³/mol. The van der Waals surface area contributed by atoms with Gasteiger partial charge in [-0.15, -0.1) is 0 Å². The molecule has 4 aliphatic rings. The van der Waals surface area contributed by atoms with Crippen molar-refractivity contribution >= 4 is 41.5 Å². The third-order valence-electron chi connectivity index (χ3n) is 13.1. The van der Waals surface area contributed by atoms with Crippen molar-refractivity contribution in [3.8, 4) is 0 Å². The van der Waals surface area contributed by atoms with Gasteiger partial charge in [0.1, 0.15) is 23.9 Å². The van der Waals surface area contributed by atoms with Crippen LogP contribution in [0.1, 0.15) is 86.2 Å². The molecule has 0 amide bonds. The number of aliphatic hydroxyl groups is 2. The number of ketones is 2. The number of aliphatic hydroxyl groups excluding tert-OH is 1. The van der Waals surface area contributed by atoms with Crippen molar-refractivity contribution in [3.05, 3.63) is 124 Å². The van der Waals surface area contributed by atoms with Crippen LogP contribution in [0.25, 0.3) is 6.08 Å². The summed E-state index contributed by atoms with van der Waals surface area (Å²) in [7, 11) is 0. The molecule has 13 nitrogen and oxygen atoms in total. The number of hydrogen-bond acceptors (Lipinski definition) is 13. The molecule has 0 spiro atoms. The van der Waals surface area contributed by atoms with Crippen LogP contribution in [0.2, 0.25) is 0 Å². The second-order valence-electron chi connectivity index (χ2n) is 16.8. The van der Waals surface area contributed by atoms with Crippen molar-refractivity contribution in [3.63, 3.8) is 0 Å². The molecule has 1 saturated heterocycles. The van der Waals surface area contributed by atoms with Gasteiger partial charge in [0.2, 0.25) is 0 Å². The molecule has 0 aromatic heterocycles. The van der Waals surface area contributed by atoms with E-state index in [9.17, 15) is 34.2 Å². The quantitative estimate of drug-likeness (QED) is 0.0950. The van der Waals surface area contributed by atoms with Crippen molar-refractivity contribution < 1.29 is 62.7 Å². The standard InChI is InChI=1S/C47H48O13/c1-26-33(57-27(2)48)24-47(55)42(59-43(54)32-15-11-8-12-16-32)40-45(6,34(50)23-35-46(40,25-56-35)60-28(3)49)41(53)39(37(26)44(47,4)5)58-36(51)22-19-29-17-20-31(21-18-29)38(52)30-13-9-7-10-14-30/h7-22,33-35,39-40,42,50,55H,23-25H2,1-6H3/b22-19+/t33-,34-,35+,39+,40-,42-,45+,46-,47+/m0/s1. The Kier molecular flexibility index (Phi) is 11.1. The van der Waals surface area contributed by atoms with Crippen LogP contribution in [0.3, 0.4) is 0 Å². The Balaban J connectivity index is 1.35. The largest absolute Gasteiger partial charge is 0.458 e. The molecule has 1 aliphatic heterocycles. The van der Waals surface area contributed by atoms with Crippen LogP contribution >= 0.6 is 0 Å². The molecule has 3 aromatic rings. The Hall–Kier alpha value is -5.76. The number of carbonyl (C=O) groups is 6. The molecular formula is C47H48O13. The molecule has 0 unspecified atom stereocenters. The summed E-state index contributed by atoms with van der Waals surface area (Å²) in [4.78, 5) is 82.2. The lowest BCUT2D eigenvalue weighted by Crippen LogP contribution is -2.82. The van der Waals surface area contributed by atoms with E-state index in [1.54, 1.807) is 87.5 Å². The number of rotatable bonds is 9. The third-order valence-corrected chi connectivity index (χ3v) is 13.1. The molecule has 3 fully saturated rings. The van der Waals surface area contributed by atoms with E-state index in [0.29, 0.717) is 22.3 Å². The van der Waals surface area contributed by atoms with Gasteiger partial charge in [0.25, 0.3) is 0 Å². The number of carbonyl (C=O) groups excluding carboxylic acids is 6. The molecule has 1 heterocycles. The summed E-state index contributed by atoms with van der Waals surface area (Å²) in [6.45, 7) is 8.33. The van der Waals surface area contributed by atoms with Crippen molar-refractivity contribution in [2.45, 2.75) is 96.1 Å². The van der Waals surface area contributed by atoms with E-state index in [4.69, 9.17) is 23.7 Å². The van der Waals surface area contributed by atoms with E-state index in [-0.39, 0.29) is 36.4 Å². The summed E-state index contributed by atoms with van der Waals surface area (Å²) < 4.78 is 30.2. The molecule has 7 rings (SSSR count). The number of esters is 4. The number of Topliss-reactive ketones (excluding diaryl/α,β-unsaturated/α-hetero) is 1. The zero-order valence-corrected chi connectivity index (χ0v) is 34.2. The highest BCUT2D eigenvalue weighted by atomic mass is 16.6. The van der Waals surface area contributed by atoms with Crippen LogP contribution in [0.4, 0.5) is 0 Å². The molecule has 9 atom stereocenters. The SMILES string of the molecule is CC(=O)O[C@H]1C[C@@]2(O)[C@@H](OC(=O)c3ccccc3)[C@@H]3[C@]4(OC(C)=O)CO[C@@H]4C[C@H](O)[C@@]3(C)C(=O)[C@H](OC(=O)/C=C/c3ccc(C(=O)c4ccccc4)cc3)C(=C1C)C2(C)C. The Labute approximate surface area is 347 Å². The summed E-state index contributed by atoms with van der Waals surface area (Å²) in [6, 6.07) is 23.3. The first-order chi connectivity index (χ1) is 28.3. The summed E-state index contributed by atoms with van der Waals surface area (Å²) in [5.41, 5.74) is -5.58. The lowest BCUT2D eigenvalue weighted by atomic mass is 9.44. The van der Waals surface area contributed by atoms with Gasteiger partial charge in [-0.25, -0.2) is 9.59 Å². The van der Waals surface area contributed by atoms with E-state index >= 15 is 4.79 Å². The van der Waals surface area contributed by atoms with Gasteiger partial charge in [-0.2, -0.15) is 0 Å². The van der Waals surface area contributed by atoms with Crippen molar-refractivity contribution in [2.75, 3.05) is 6.61 Å². The summed E-state index contributed by atoms with van der Waals surface area (Å²) in [5.74, 6) is -5.80. The molecule has 2 bridgehead atoms. The summed E-state index contributed by atoms with van der Waals surface area (Å²) in [5, 5.41) is 25.6. The van der Waals surface area contributed by atoms with Crippen LogP contribution in [0, 0.1) is 16.7 Å². The summed E-state index contributed by atoms with van der Waals surface area (Å²) in [6.07, 6.45) is -5.24. The molecule has 0 radical (unpaired) electrons. The first-order valence-electron chi connectivity index (χ1n) is 19.8. The fourth-order valence-electron chi connectivity index (χ4n) is 9.87. The van der Waals surface area contributed by atoms with Crippen LogP contribution in [-0.4, -0.2) is 94.0 Å². The highest BCUT2D eigenvalue weighted by Crippen LogP contribution is 2.64. The maximum atomic E-state index is 15.6. The molecule has 3 aromatic carbocycles. The lowest BCUT2D eigenvalue weighted by Gasteiger charge is -2.67. The summed E-state index contributed by atoms with van der Waals surface area (Å²) >= 11 is 0. The maximum Gasteiger partial charge on any atom is 0.338 e. The van der Waals surface area contributed by atoms with E-state index in [0.717, 1.165) is 6.08 Å². The molecule has 2 N–H and O–H groups in total. The molecule has 314 valence electrons. The Morgan fingerprint density at radius 2 is 1.40 bits per heavy atom. The first-order valence-corrected chi connectivity index (χ1v) is 19.8. The van der Waals surface area contributed by atoms with Crippen LogP contribution in [0.15, 0.2) is 102 Å². The van der Waals surface area contributed by atoms with E-state index < -0.39 is 88.1 Å². The number of benzene rings is 3. The van der Waals surface area contributed by atoms with Gasteiger partial charge in [0.05, 0.1) is 29.6 Å². The average molecular weight is 821 g/mol. The Morgan fingerprint density at radius 3 is 1.97 bits per heavy atom. The highest BCUT2D eigenvalue weighted by Gasteiger charge is 2.78.